The number of nitrogens with two attached hydrogens (primary N) is 1. The van der Waals surface area contributed by atoms with E-state index in [1.54, 1.807) is 0 Å². The van der Waals surface area contributed by atoms with Gasteiger partial charge in [-0.25, -0.2) is 0 Å². The van der Waals surface area contributed by atoms with E-state index >= 15 is 0 Å². The molecule has 2 aliphatic rings. The molecule has 4 unspecified atom stereocenters. The Labute approximate surface area is 122 Å². The molecular weight excluding hydrogens is 252 g/mol. The van der Waals surface area contributed by atoms with E-state index in [-0.39, 0.29) is 12.0 Å². The molecule has 0 aromatic carbocycles. The summed E-state index contributed by atoms with van der Waals surface area (Å²) in [6.07, 6.45) is 6.83. The molecule has 4 nitrogen and oxygen atoms in total. The second kappa shape index (κ2) is 7.41. The van der Waals surface area contributed by atoms with Gasteiger partial charge < -0.3 is 15.7 Å². The van der Waals surface area contributed by atoms with Crippen molar-refractivity contribution in [2.75, 3.05) is 19.6 Å². The quantitative estimate of drug-likeness (QED) is 0.748. The van der Waals surface area contributed by atoms with Crippen molar-refractivity contribution in [3.05, 3.63) is 0 Å². The number of nitrogens with zero attached hydrogens (tertiary/aromatic N) is 1. The molecule has 1 heterocycles. The summed E-state index contributed by atoms with van der Waals surface area (Å²) in [4.78, 5) is 14.3. The maximum absolute atomic E-state index is 12.3. The van der Waals surface area contributed by atoms with E-state index in [1.165, 1.54) is 12.8 Å². The maximum Gasteiger partial charge on any atom is 0.222 e. The van der Waals surface area contributed by atoms with Gasteiger partial charge in [0.1, 0.15) is 0 Å². The van der Waals surface area contributed by atoms with Gasteiger partial charge in [0.25, 0.3) is 0 Å². The van der Waals surface area contributed by atoms with Crippen LogP contribution in [0.4, 0.5) is 0 Å². The van der Waals surface area contributed by atoms with Gasteiger partial charge in [-0.3, -0.25) is 4.79 Å². The zero-order valence-electron chi connectivity index (χ0n) is 12.8. The molecule has 4 atom stereocenters. The maximum atomic E-state index is 12.3. The molecule has 2 fully saturated rings. The van der Waals surface area contributed by atoms with Gasteiger partial charge in [-0.05, 0) is 44.1 Å². The molecule has 1 aliphatic carbocycles. The minimum atomic E-state index is -0.178. The molecule has 0 aromatic rings. The van der Waals surface area contributed by atoms with Gasteiger partial charge in [-0.2, -0.15) is 0 Å². The Morgan fingerprint density at radius 2 is 2.10 bits per heavy atom. The van der Waals surface area contributed by atoms with Crippen LogP contribution in [0.2, 0.25) is 0 Å². The highest BCUT2D eigenvalue weighted by atomic mass is 16.3. The number of amides is 1. The van der Waals surface area contributed by atoms with Gasteiger partial charge in [0.15, 0.2) is 0 Å². The molecule has 1 saturated carbocycles. The van der Waals surface area contributed by atoms with Crippen LogP contribution in [0.25, 0.3) is 0 Å². The van der Waals surface area contributed by atoms with Crippen LogP contribution in [0.3, 0.4) is 0 Å². The van der Waals surface area contributed by atoms with Gasteiger partial charge in [-0.1, -0.05) is 19.8 Å². The summed E-state index contributed by atoms with van der Waals surface area (Å²) in [5.74, 6) is 1.77. The summed E-state index contributed by atoms with van der Waals surface area (Å²) in [6.45, 7) is 4.56. The van der Waals surface area contributed by atoms with E-state index in [2.05, 4.69) is 6.92 Å². The number of hydrogen-bond donors (Lipinski definition) is 2. The summed E-state index contributed by atoms with van der Waals surface area (Å²) < 4.78 is 0. The van der Waals surface area contributed by atoms with Crippen LogP contribution in [0.1, 0.15) is 51.9 Å². The molecule has 3 N–H and O–H groups in total. The number of aliphatic hydroxyl groups is 1. The van der Waals surface area contributed by atoms with Crippen LogP contribution in [-0.4, -0.2) is 41.7 Å². The fourth-order valence-electron chi connectivity index (χ4n) is 4.00. The normalized spacial score (nSPS) is 30.6. The zero-order valence-corrected chi connectivity index (χ0v) is 12.8. The van der Waals surface area contributed by atoms with Crippen molar-refractivity contribution in [3.8, 4) is 0 Å². The predicted octanol–water partition coefficient (Wildman–Crippen LogP) is 1.76. The summed E-state index contributed by atoms with van der Waals surface area (Å²) in [5, 5.41) is 9.91. The summed E-state index contributed by atoms with van der Waals surface area (Å²) >= 11 is 0. The standard InChI is InChI=1S/C16H30N2O2/c1-2-3-12(8-9-17)4-7-16(20)18-10-13-5-6-15(19)14(13)11-18/h12-15,19H,2-11,17H2,1H3. The largest absolute Gasteiger partial charge is 0.393 e. The second-order valence-electron chi connectivity index (χ2n) is 6.64. The lowest BCUT2D eigenvalue weighted by Crippen LogP contribution is -2.31. The number of fused-ring (bicyclic) bond motifs is 1. The summed E-state index contributed by atoms with van der Waals surface area (Å²) in [6, 6.07) is 0. The first-order valence-electron chi connectivity index (χ1n) is 8.31. The highest BCUT2D eigenvalue weighted by Gasteiger charge is 2.43. The molecule has 1 saturated heterocycles. The van der Waals surface area contributed by atoms with Crippen LogP contribution in [0.15, 0.2) is 0 Å². The highest BCUT2D eigenvalue weighted by molar-refractivity contribution is 5.76. The van der Waals surface area contributed by atoms with Crippen LogP contribution in [-0.2, 0) is 4.79 Å². The molecule has 2 rings (SSSR count). The van der Waals surface area contributed by atoms with E-state index in [1.807, 2.05) is 4.90 Å². The third kappa shape index (κ3) is 3.73. The summed E-state index contributed by atoms with van der Waals surface area (Å²) in [5.41, 5.74) is 5.64. The third-order valence-electron chi connectivity index (χ3n) is 5.21. The van der Waals surface area contributed by atoms with Crippen LogP contribution < -0.4 is 5.73 Å². The molecule has 1 amide bonds. The number of likely N-dealkylation sites (tertiary alicyclic amines) is 1. The fraction of sp³-hybridized carbons (Fsp3) is 0.938. The zero-order chi connectivity index (χ0) is 14.5. The van der Waals surface area contributed by atoms with Crippen molar-refractivity contribution in [2.24, 2.45) is 23.5 Å². The van der Waals surface area contributed by atoms with Crippen molar-refractivity contribution in [1.29, 1.82) is 0 Å². The van der Waals surface area contributed by atoms with E-state index in [0.29, 0.717) is 24.2 Å². The number of rotatable bonds is 7. The van der Waals surface area contributed by atoms with Gasteiger partial charge in [-0.15, -0.1) is 0 Å². The number of carbonyl (C=O) groups excluding carboxylic acids is 1. The predicted molar refractivity (Wildman–Crippen MR) is 80.1 cm³/mol. The SMILES string of the molecule is CCCC(CCN)CCC(=O)N1CC2CCC(O)C2C1. The second-order valence-corrected chi connectivity index (χ2v) is 6.64. The minimum absolute atomic E-state index is 0.178. The lowest BCUT2D eigenvalue weighted by atomic mass is 9.94. The summed E-state index contributed by atoms with van der Waals surface area (Å²) in [7, 11) is 0. The smallest absolute Gasteiger partial charge is 0.222 e. The van der Waals surface area contributed by atoms with Crippen LogP contribution >= 0.6 is 0 Å². The molecular formula is C16H30N2O2. The molecule has 20 heavy (non-hydrogen) atoms. The number of aliphatic hydroxyl groups excluding tert-OH is 1. The van der Waals surface area contributed by atoms with Gasteiger partial charge in [0.05, 0.1) is 6.10 Å². The number of carbonyl (C=O) groups is 1. The highest BCUT2D eigenvalue weighted by Crippen LogP contribution is 2.38. The van der Waals surface area contributed by atoms with Gasteiger partial charge >= 0.3 is 0 Å². The third-order valence-corrected chi connectivity index (χ3v) is 5.21. The Morgan fingerprint density at radius 1 is 1.30 bits per heavy atom. The first-order valence-corrected chi connectivity index (χ1v) is 8.31. The first kappa shape index (κ1) is 15.8. The number of hydrogen-bond acceptors (Lipinski definition) is 3. The Bertz CT molecular complexity index is 316. The van der Waals surface area contributed by atoms with Crippen molar-refractivity contribution in [3.63, 3.8) is 0 Å². The lowest BCUT2D eigenvalue weighted by molar-refractivity contribution is -0.130. The van der Waals surface area contributed by atoms with Crippen molar-refractivity contribution < 1.29 is 9.90 Å². The Morgan fingerprint density at radius 3 is 2.75 bits per heavy atom. The Hall–Kier alpha value is -0.610. The average molecular weight is 282 g/mol. The van der Waals surface area contributed by atoms with E-state index in [0.717, 1.165) is 45.3 Å². The molecule has 0 aromatic heterocycles. The minimum Gasteiger partial charge on any atom is -0.393 e. The lowest BCUT2D eigenvalue weighted by Gasteiger charge is -2.20. The molecule has 116 valence electrons. The van der Waals surface area contributed by atoms with Gasteiger partial charge in [0, 0.05) is 25.4 Å². The molecule has 4 heteroatoms. The topological polar surface area (TPSA) is 66.6 Å². The monoisotopic (exact) mass is 282 g/mol. The van der Waals surface area contributed by atoms with Crippen LogP contribution in [0.5, 0.6) is 0 Å². The Balaban J connectivity index is 1.75. The molecule has 0 spiro atoms. The molecule has 0 bridgehead atoms. The molecule has 1 aliphatic heterocycles. The Kier molecular flexibility index (Phi) is 5.85. The molecule has 0 radical (unpaired) electrons. The van der Waals surface area contributed by atoms with E-state index in [9.17, 15) is 9.90 Å². The van der Waals surface area contributed by atoms with Crippen molar-refractivity contribution in [2.45, 2.75) is 58.0 Å². The average Bonchev–Trinajstić information content (AvgIpc) is 2.99. The van der Waals surface area contributed by atoms with E-state index in [4.69, 9.17) is 5.73 Å². The van der Waals surface area contributed by atoms with Crippen molar-refractivity contribution >= 4 is 5.91 Å². The van der Waals surface area contributed by atoms with E-state index < -0.39 is 0 Å². The fourth-order valence-corrected chi connectivity index (χ4v) is 4.00. The van der Waals surface area contributed by atoms with Gasteiger partial charge in [0.2, 0.25) is 5.91 Å². The van der Waals surface area contributed by atoms with Crippen molar-refractivity contribution in [1.82, 2.24) is 4.90 Å². The van der Waals surface area contributed by atoms with Crippen LogP contribution in [0, 0.1) is 17.8 Å². The first-order chi connectivity index (χ1) is 9.65.